The lowest BCUT2D eigenvalue weighted by Gasteiger charge is -2.37. The normalized spacial score (nSPS) is 12.0. The molecule has 124 valence electrons. The lowest BCUT2D eigenvalue weighted by molar-refractivity contribution is 0.00749. The van der Waals surface area contributed by atoms with Crippen molar-refractivity contribution in [2.24, 2.45) is 0 Å². The highest BCUT2D eigenvalue weighted by Crippen LogP contribution is 2.20. The number of pyridine rings is 1. The molecule has 0 aromatic carbocycles. The minimum Gasteiger partial charge on any atom is -0.444 e. The number of hydrogen-bond acceptors (Lipinski definition) is 4. The van der Waals surface area contributed by atoms with Gasteiger partial charge in [0.1, 0.15) is 10.2 Å². The van der Waals surface area contributed by atoms with Crippen molar-refractivity contribution in [2.75, 3.05) is 18.4 Å². The van der Waals surface area contributed by atoms with Crippen LogP contribution in [0.2, 0.25) is 0 Å². The number of carbonyl (C=O) groups is 1. The van der Waals surface area contributed by atoms with Crippen LogP contribution >= 0.6 is 15.9 Å². The fourth-order valence-electron chi connectivity index (χ4n) is 1.84. The molecule has 0 aliphatic rings. The first-order chi connectivity index (χ1) is 10.0. The fraction of sp³-hybridized carbons (Fsp3) is 0.625. The zero-order chi connectivity index (χ0) is 17.0. The lowest BCUT2D eigenvalue weighted by atomic mass is 10.1. The molecule has 0 aliphatic carbocycles. The number of anilines is 1. The van der Waals surface area contributed by atoms with Crippen molar-refractivity contribution in [1.82, 2.24) is 9.88 Å². The summed E-state index contributed by atoms with van der Waals surface area (Å²) in [5, 5.41) is 3.27. The molecule has 6 heteroatoms. The quantitative estimate of drug-likeness (QED) is 0.801. The van der Waals surface area contributed by atoms with E-state index in [1.54, 1.807) is 11.1 Å². The van der Waals surface area contributed by atoms with Crippen LogP contribution in [0.5, 0.6) is 0 Å². The van der Waals surface area contributed by atoms with Crippen LogP contribution in [0.1, 0.15) is 41.5 Å². The van der Waals surface area contributed by atoms with E-state index in [1.165, 1.54) is 0 Å². The number of aromatic nitrogens is 1. The van der Waals surface area contributed by atoms with Crippen molar-refractivity contribution < 1.29 is 9.53 Å². The molecule has 0 radical (unpaired) electrons. The van der Waals surface area contributed by atoms with E-state index < -0.39 is 5.60 Å². The Morgan fingerprint density at radius 3 is 2.45 bits per heavy atom. The Bertz CT molecular complexity index is 507. The molecule has 1 rings (SSSR count). The van der Waals surface area contributed by atoms with Crippen molar-refractivity contribution in [2.45, 2.75) is 52.7 Å². The molecule has 0 fully saturated rings. The van der Waals surface area contributed by atoms with E-state index in [0.29, 0.717) is 13.1 Å². The van der Waals surface area contributed by atoms with E-state index >= 15 is 0 Å². The molecule has 1 N–H and O–H groups in total. The van der Waals surface area contributed by atoms with Gasteiger partial charge in [-0.25, -0.2) is 9.78 Å². The summed E-state index contributed by atoms with van der Waals surface area (Å²) in [6, 6.07) is 3.80. The van der Waals surface area contributed by atoms with E-state index in [9.17, 15) is 4.79 Å². The van der Waals surface area contributed by atoms with Crippen LogP contribution in [-0.4, -0.2) is 40.2 Å². The molecule has 0 aliphatic heterocycles. The first kappa shape index (κ1) is 18.7. The Labute approximate surface area is 141 Å². The van der Waals surface area contributed by atoms with Gasteiger partial charge in [-0.2, -0.15) is 0 Å². The highest BCUT2D eigenvalue weighted by atomic mass is 79.9. The third kappa shape index (κ3) is 6.22. The number of halogens is 1. The number of ether oxygens (including phenoxy) is 1. The van der Waals surface area contributed by atoms with E-state index in [-0.39, 0.29) is 11.6 Å². The third-order valence-electron chi connectivity index (χ3n) is 2.83. The first-order valence-corrected chi connectivity index (χ1v) is 8.15. The summed E-state index contributed by atoms with van der Waals surface area (Å²) in [5.74, 6) is 0. The van der Waals surface area contributed by atoms with Crippen LogP contribution in [0.3, 0.4) is 0 Å². The molecule has 0 saturated heterocycles. The Morgan fingerprint density at radius 2 is 1.95 bits per heavy atom. The van der Waals surface area contributed by atoms with Gasteiger partial charge in [0.05, 0.1) is 5.69 Å². The maximum absolute atomic E-state index is 12.4. The summed E-state index contributed by atoms with van der Waals surface area (Å²) in [5.41, 5.74) is 0.0943. The minimum atomic E-state index is -0.500. The Balaban J connectivity index is 2.67. The number of amides is 1. The molecule has 0 saturated carbocycles. The average Bonchev–Trinajstić information content (AvgIpc) is 2.32. The fourth-order valence-corrected chi connectivity index (χ4v) is 2.23. The number of hydrogen-bond donors (Lipinski definition) is 1. The Kier molecular flexibility index (Phi) is 6.23. The molecule has 22 heavy (non-hydrogen) atoms. The minimum absolute atomic E-state index is 0.299. The summed E-state index contributed by atoms with van der Waals surface area (Å²) >= 11 is 3.39. The van der Waals surface area contributed by atoms with Crippen LogP contribution in [0, 0.1) is 0 Å². The topological polar surface area (TPSA) is 54.5 Å². The van der Waals surface area contributed by atoms with Crippen LogP contribution in [0.15, 0.2) is 22.9 Å². The van der Waals surface area contributed by atoms with E-state index in [2.05, 4.69) is 26.2 Å². The molecule has 1 heterocycles. The molecule has 1 aromatic rings. The van der Waals surface area contributed by atoms with E-state index in [1.807, 2.05) is 53.7 Å². The second-order valence-corrected chi connectivity index (χ2v) is 7.82. The zero-order valence-corrected chi connectivity index (χ0v) is 15.8. The lowest BCUT2D eigenvalue weighted by Crippen LogP contribution is -2.49. The summed E-state index contributed by atoms with van der Waals surface area (Å²) in [6.45, 7) is 12.8. The van der Waals surface area contributed by atoms with Gasteiger partial charge in [0.25, 0.3) is 0 Å². The summed E-state index contributed by atoms with van der Waals surface area (Å²) in [7, 11) is 0. The standard InChI is InChI=1S/C16H26BrN3O2/c1-15(2,3)20(14(21)22-16(4,5)6)11-10-18-12-8-7-9-19-13(12)17/h7-9,18H,10-11H2,1-6H3. The first-order valence-electron chi connectivity index (χ1n) is 7.36. The van der Waals surface area contributed by atoms with Gasteiger partial charge >= 0.3 is 6.09 Å². The SMILES string of the molecule is CC(C)(C)OC(=O)N(CCNc1cccnc1Br)C(C)(C)C. The number of rotatable bonds is 4. The number of nitrogens with zero attached hydrogens (tertiary/aromatic N) is 2. The Morgan fingerprint density at radius 1 is 1.32 bits per heavy atom. The molecule has 5 nitrogen and oxygen atoms in total. The van der Waals surface area contributed by atoms with Gasteiger partial charge in [-0.15, -0.1) is 0 Å². The maximum atomic E-state index is 12.4. The predicted octanol–water partition coefficient (Wildman–Crippen LogP) is 4.29. The smallest absolute Gasteiger partial charge is 0.410 e. The summed E-state index contributed by atoms with van der Waals surface area (Å²) in [4.78, 5) is 18.3. The van der Waals surface area contributed by atoms with Crippen molar-refractivity contribution in [1.29, 1.82) is 0 Å². The van der Waals surface area contributed by atoms with Gasteiger partial charge < -0.3 is 15.0 Å². The van der Waals surface area contributed by atoms with Gasteiger partial charge in [-0.05, 0) is 69.6 Å². The summed E-state index contributed by atoms with van der Waals surface area (Å²) in [6.07, 6.45) is 1.42. The molecule has 0 bridgehead atoms. The number of carbonyl (C=O) groups excluding carboxylic acids is 1. The van der Waals surface area contributed by atoms with Crippen molar-refractivity contribution in [3.05, 3.63) is 22.9 Å². The highest BCUT2D eigenvalue weighted by molar-refractivity contribution is 9.10. The molecular weight excluding hydrogens is 346 g/mol. The predicted molar refractivity (Wildman–Crippen MR) is 93.1 cm³/mol. The molecule has 0 atom stereocenters. The van der Waals surface area contributed by atoms with Gasteiger partial charge in [-0.1, -0.05) is 0 Å². The second kappa shape index (κ2) is 7.31. The van der Waals surface area contributed by atoms with Crippen LogP contribution in [-0.2, 0) is 4.74 Å². The number of nitrogens with one attached hydrogen (secondary N) is 1. The van der Waals surface area contributed by atoms with Crippen molar-refractivity contribution >= 4 is 27.7 Å². The van der Waals surface area contributed by atoms with Crippen LogP contribution in [0.4, 0.5) is 10.5 Å². The highest BCUT2D eigenvalue weighted by Gasteiger charge is 2.30. The van der Waals surface area contributed by atoms with Gasteiger partial charge in [0.15, 0.2) is 0 Å². The molecule has 1 amide bonds. The molecule has 1 aromatic heterocycles. The Hall–Kier alpha value is -1.30. The van der Waals surface area contributed by atoms with Crippen molar-refractivity contribution in [3.8, 4) is 0 Å². The maximum Gasteiger partial charge on any atom is 0.410 e. The third-order valence-corrected chi connectivity index (χ3v) is 3.47. The van der Waals surface area contributed by atoms with Crippen molar-refractivity contribution in [3.63, 3.8) is 0 Å². The van der Waals surface area contributed by atoms with Gasteiger partial charge in [-0.3, -0.25) is 0 Å². The monoisotopic (exact) mass is 371 g/mol. The zero-order valence-electron chi connectivity index (χ0n) is 14.2. The van der Waals surface area contributed by atoms with Gasteiger partial charge in [0.2, 0.25) is 0 Å². The second-order valence-electron chi connectivity index (χ2n) is 7.07. The largest absolute Gasteiger partial charge is 0.444 e. The molecule has 0 spiro atoms. The summed E-state index contributed by atoms with van der Waals surface area (Å²) < 4.78 is 6.25. The molecule has 0 unspecified atom stereocenters. The van der Waals surface area contributed by atoms with Gasteiger partial charge in [0, 0.05) is 24.8 Å². The molecular formula is C16H26BrN3O2. The van der Waals surface area contributed by atoms with E-state index in [4.69, 9.17) is 4.74 Å². The average molecular weight is 372 g/mol. The van der Waals surface area contributed by atoms with E-state index in [0.717, 1.165) is 10.3 Å². The van der Waals surface area contributed by atoms with Crippen LogP contribution < -0.4 is 5.32 Å². The van der Waals surface area contributed by atoms with Crippen LogP contribution in [0.25, 0.3) is 0 Å².